The Morgan fingerprint density at radius 2 is 1.17 bits per heavy atom. The molecule has 0 amide bonds. The average molecular weight is 595 g/mol. The van der Waals surface area contributed by atoms with Gasteiger partial charge in [0, 0.05) is 0 Å². The van der Waals surface area contributed by atoms with Crippen molar-refractivity contribution in [2.75, 3.05) is 24.7 Å². The van der Waals surface area contributed by atoms with Gasteiger partial charge >= 0.3 is 0 Å². The van der Waals surface area contributed by atoms with Gasteiger partial charge in [-0.05, 0) is 13.8 Å². The zero-order chi connectivity index (χ0) is 30.7. The lowest BCUT2D eigenvalue weighted by Crippen LogP contribution is -2.44. The number of nitrogens with one attached hydrogen (secondary N) is 2. The normalized spacial score (nSPS) is 32.9. The lowest BCUT2D eigenvalue weighted by molar-refractivity contribution is -0.0950. The van der Waals surface area contributed by atoms with Crippen LogP contribution in [0.15, 0.2) is 22.2 Å². The first-order valence-corrected chi connectivity index (χ1v) is 12.5. The van der Waals surface area contributed by atoms with Crippen molar-refractivity contribution in [3.63, 3.8) is 0 Å². The van der Waals surface area contributed by atoms with E-state index in [9.17, 15) is 40.2 Å². The number of aromatic nitrogens is 8. The lowest BCUT2D eigenvalue weighted by atomic mass is 9.96. The number of aromatic amines is 2. The molecule has 2 aliphatic rings. The van der Waals surface area contributed by atoms with Crippen molar-refractivity contribution in [3.05, 3.63) is 33.4 Å². The van der Waals surface area contributed by atoms with Crippen molar-refractivity contribution >= 4 is 34.2 Å². The molecule has 12 N–H and O–H groups in total. The minimum atomic E-state index is -1.69. The monoisotopic (exact) mass is 594 g/mol. The molecule has 4 aromatic heterocycles. The molecular formula is C22H30N10O10. The Kier molecular flexibility index (Phi) is 7.27. The number of nitrogens with two attached hydrogens (primary N) is 2. The molecule has 2 aliphatic heterocycles. The van der Waals surface area contributed by atoms with Crippen molar-refractivity contribution in [2.45, 2.75) is 61.9 Å². The molecule has 0 aromatic carbocycles. The van der Waals surface area contributed by atoms with Crippen molar-refractivity contribution in [1.29, 1.82) is 0 Å². The third-order valence-corrected chi connectivity index (χ3v) is 7.28. The Morgan fingerprint density at radius 3 is 1.48 bits per heavy atom. The highest BCUT2D eigenvalue weighted by molar-refractivity contribution is 5.71. The highest BCUT2D eigenvalue weighted by Gasteiger charge is 2.54. The molecular weight excluding hydrogens is 564 g/mol. The molecule has 20 nitrogen and oxygen atoms in total. The molecule has 0 saturated carbocycles. The maximum atomic E-state index is 11.7. The first-order valence-electron chi connectivity index (χ1n) is 12.5. The number of aliphatic hydroxyl groups is 6. The SMILES string of the molecule is C[C@@]1(O)[C@H](O)[C@@H](CO)O[C@H]1n1cnc2c(=O)[nH]c(N)nc21.C[C@]1(O)C(n2cnc3c(=O)[nH]c(N)nc32)O[C@H](CO)[C@H]1O. The smallest absolute Gasteiger partial charge is 0.280 e. The number of ether oxygens (including phenoxy) is 2. The second-order valence-electron chi connectivity index (χ2n) is 10.3. The van der Waals surface area contributed by atoms with Crippen molar-refractivity contribution in [1.82, 2.24) is 39.0 Å². The van der Waals surface area contributed by atoms with E-state index in [1.54, 1.807) is 0 Å². The Balaban J connectivity index is 0.000000168. The average Bonchev–Trinajstić information content (AvgIpc) is 3.64. The minimum Gasteiger partial charge on any atom is -0.394 e. The topological polar surface area (TPSA) is 319 Å². The fraction of sp³-hybridized carbons (Fsp3) is 0.545. The molecule has 0 aliphatic carbocycles. The van der Waals surface area contributed by atoms with Gasteiger partial charge in [0.2, 0.25) is 11.9 Å². The van der Waals surface area contributed by atoms with Gasteiger partial charge in [-0.2, -0.15) is 9.97 Å². The Morgan fingerprint density at radius 1 is 0.810 bits per heavy atom. The Labute approximate surface area is 233 Å². The maximum Gasteiger partial charge on any atom is 0.280 e. The molecule has 0 bridgehead atoms. The van der Waals surface area contributed by atoms with Crippen LogP contribution in [0.1, 0.15) is 26.3 Å². The van der Waals surface area contributed by atoms with E-state index in [1.807, 2.05) is 0 Å². The van der Waals surface area contributed by atoms with Gasteiger partial charge in [0.1, 0.15) is 35.6 Å². The second kappa shape index (κ2) is 10.4. The molecule has 0 spiro atoms. The Bertz CT molecular complexity index is 1600. The molecule has 6 rings (SSSR count). The van der Waals surface area contributed by atoms with E-state index < -0.39 is 72.4 Å². The number of nitrogen functional groups attached to an aromatic ring is 2. The Hall–Kier alpha value is -4.02. The zero-order valence-corrected chi connectivity index (χ0v) is 22.2. The molecule has 6 heterocycles. The summed E-state index contributed by atoms with van der Waals surface area (Å²) in [6.07, 6.45) is -4.13. The van der Waals surface area contributed by atoms with Crippen molar-refractivity contribution in [3.8, 4) is 0 Å². The summed E-state index contributed by atoms with van der Waals surface area (Å²) in [5.41, 5.74) is 6.87. The van der Waals surface area contributed by atoms with E-state index in [0.717, 1.165) is 0 Å². The van der Waals surface area contributed by atoms with E-state index in [4.69, 9.17) is 20.9 Å². The van der Waals surface area contributed by atoms with E-state index in [2.05, 4.69) is 29.9 Å². The lowest BCUT2D eigenvalue weighted by Gasteiger charge is -2.27. The molecule has 0 radical (unpaired) electrons. The first-order chi connectivity index (χ1) is 19.7. The molecule has 4 aromatic rings. The van der Waals surface area contributed by atoms with Crippen LogP contribution in [0.5, 0.6) is 0 Å². The standard InChI is InChI=1S/2C11H15N5O5/c2*1-11(20)6(18)4(2-17)21-9(11)16-3-13-5-7(16)14-10(12)15-8(5)19/h2*3-4,6,9,17-18,20H,2H2,1H3,(H3,12,14,15,19)/t4-,6-,9?,11-;4-,6-,9-,11-/m11/s1. The van der Waals surface area contributed by atoms with Gasteiger partial charge in [-0.15, -0.1) is 0 Å². The van der Waals surface area contributed by atoms with Gasteiger partial charge in [0.25, 0.3) is 11.1 Å². The van der Waals surface area contributed by atoms with Crippen molar-refractivity contribution in [2.24, 2.45) is 0 Å². The largest absolute Gasteiger partial charge is 0.394 e. The summed E-state index contributed by atoms with van der Waals surface area (Å²) in [7, 11) is 0. The van der Waals surface area contributed by atoms with Crippen LogP contribution < -0.4 is 22.6 Å². The van der Waals surface area contributed by atoms with E-state index >= 15 is 0 Å². The summed E-state index contributed by atoms with van der Waals surface area (Å²) < 4.78 is 13.5. The predicted octanol–water partition coefficient (Wildman–Crippen LogP) is -4.59. The van der Waals surface area contributed by atoms with Gasteiger partial charge in [-0.25, -0.2) is 9.97 Å². The predicted molar refractivity (Wildman–Crippen MR) is 140 cm³/mol. The maximum absolute atomic E-state index is 11.7. The number of imidazole rings is 2. The molecule has 8 atom stereocenters. The summed E-state index contributed by atoms with van der Waals surface area (Å²) >= 11 is 0. The van der Waals surface area contributed by atoms with Gasteiger partial charge in [0.15, 0.2) is 34.8 Å². The van der Waals surface area contributed by atoms with Crippen LogP contribution in [-0.4, -0.2) is 119 Å². The molecule has 2 saturated heterocycles. The number of anilines is 2. The first kappa shape index (κ1) is 29.5. The molecule has 20 heteroatoms. The number of rotatable bonds is 4. The van der Waals surface area contributed by atoms with Crippen LogP contribution in [0.25, 0.3) is 22.3 Å². The number of hydrogen-bond acceptors (Lipinski definition) is 16. The van der Waals surface area contributed by atoms with Crippen molar-refractivity contribution < 1.29 is 40.1 Å². The third-order valence-electron chi connectivity index (χ3n) is 7.28. The highest BCUT2D eigenvalue weighted by atomic mass is 16.6. The van der Waals surface area contributed by atoms with E-state index in [1.165, 1.54) is 35.6 Å². The summed E-state index contributed by atoms with van der Waals surface area (Å²) in [6, 6.07) is 0. The van der Waals surface area contributed by atoms with Crippen LogP contribution in [0.2, 0.25) is 0 Å². The number of nitrogens with zero attached hydrogens (tertiary/aromatic N) is 6. The number of aliphatic hydroxyl groups excluding tert-OH is 4. The number of hydrogen-bond donors (Lipinski definition) is 10. The van der Waals surface area contributed by atoms with Crippen LogP contribution in [0.3, 0.4) is 0 Å². The molecule has 2 fully saturated rings. The van der Waals surface area contributed by atoms with Crippen LogP contribution in [0, 0.1) is 0 Å². The number of fused-ring (bicyclic) bond motifs is 2. The quantitative estimate of drug-likeness (QED) is 0.106. The third kappa shape index (κ3) is 4.59. The summed E-state index contributed by atoms with van der Waals surface area (Å²) in [5, 5.41) is 59.1. The summed E-state index contributed by atoms with van der Waals surface area (Å²) in [4.78, 5) is 43.8. The number of H-pyrrole nitrogens is 2. The van der Waals surface area contributed by atoms with Gasteiger partial charge in [-0.1, -0.05) is 0 Å². The van der Waals surface area contributed by atoms with E-state index in [0.29, 0.717) is 0 Å². The van der Waals surface area contributed by atoms with Crippen LogP contribution in [-0.2, 0) is 9.47 Å². The molecule has 42 heavy (non-hydrogen) atoms. The zero-order valence-electron chi connectivity index (χ0n) is 22.2. The fourth-order valence-corrected chi connectivity index (χ4v) is 5.01. The van der Waals surface area contributed by atoms with Crippen LogP contribution in [0.4, 0.5) is 11.9 Å². The summed E-state index contributed by atoms with van der Waals surface area (Å²) in [5.74, 6) is -0.211. The van der Waals surface area contributed by atoms with E-state index in [-0.39, 0.29) is 34.2 Å². The fourth-order valence-electron chi connectivity index (χ4n) is 5.01. The van der Waals surface area contributed by atoms with Gasteiger partial charge in [-0.3, -0.25) is 28.7 Å². The highest BCUT2D eigenvalue weighted by Crippen LogP contribution is 2.40. The minimum absolute atomic E-state index is 0.0329. The molecule has 1 unspecified atom stereocenters. The van der Waals surface area contributed by atoms with Gasteiger partial charge in [0.05, 0.1) is 25.9 Å². The van der Waals surface area contributed by atoms with Crippen LogP contribution >= 0.6 is 0 Å². The molecule has 228 valence electrons. The second-order valence-corrected chi connectivity index (χ2v) is 10.3. The van der Waals surface area contributed by atoms with Gasteiger partial charge < -0.3 is 51.6 Å². The summed E-state index contributed by atoms with van der Waals surface area (Å²) in [6.45, 7) is 1.80.